The molecule has 6 heteroatoms. The largest absolute Gasteiger partial charge is 0.493 e. The van der Waals surface area contributed by atoms with E-state index >= 15 is 0 Å². The molecule has 4 nitrogen and oxygen atoms in total. The second-order valence-corrected chi connectivity index (χ2v) is 6.37. The number of thiazole rings is 1. The highest BCUT2D eigenvalue weighted by Crippen LogP contribution is 2.32. The molecule has 0 aliphatic carbocycles. The van der Waals surface area contributed by atoms with Crippen LogP contribution in [0.15, 0.2) is 22.1 Å². The molecular weight excluding hydrogens is 340 g/mol. The van der Waals surface area contributed by atoms with Crippen molar-refractivity contribution in [3.63, 3.8) is 0 Å². The molecule has 2 heterocycles. The van der Waals surface area contributed by atoms with Crippen molar-refractivity contribution in [1.82, 2.24) is 10.3 Å². The van der Waals surface area contributed by atoms with Gasteiger partial charge in [-0.05, 0) is 24.6 Å². The van der Waals surface area contributed by atoms with Crippen molar-refractivity contribution in [1.29, 1.82) is 0 Å². The van der Waals surface area contributed by atoms with Gasteiger partial charge in [0.25, 0.3) is 5.91 Å². The third-order valence-corrected chi connectivity index (χ3v) is 4.60. The molecule has 0 atom stereocenters. The molecule has 1 amide bonds. The molecule has 20 heavy (non-hydrogen) atoms. The molecule has 0 fully saturated rings. The number of rotatable bonds is 3. The zero-order valence-electron chi connectivity index (χ0n) is 10.9. The number of hydrogen-bond donors (Lipinski definition) is 1. The number of hydrogen-bond acceptors (Lipinski definition) is 4. The maximum Gasteiger partial charge on any atom is 0.263 e. The lowest BCUT2D eigenvalue weighted by atomic mass is 10.1. The van der Waals surface area contributed by atoms with Gasteiger partial charge in [-0.25, -0.2) is 4.98 Å². The number of nitrogens with zero attached hydrogens (tertiary/aromatic N) is 1. The topological polar surface area (TPSA) is 51.2 Å². The van der Waals surface area contributed by atoms with Crippen LogP contribution in [0.3, 0.4) is 0 Å². The fourth-order valence-corrected chi connectivity index (χ4v) is 3.52. The molecule has 1 N–H and O–H groups in total. The molecule has 0 radical (unpaired) electrons. The molecule has 0 bridgehead atoms. The predicted octanol–water partition coefficient (Wildman–Crippen LogP) is 3.08. The second-order valence-electron chi connectivity index (χ2n) is 4.60. The van der Waals surface area contributed by atoms with E-state index in [-0.39, 0.29) is 5.91 Å². The van der Waals surface area contributed by atoms with Gasteiger partial charge >= 0.3 is 0 Å². The first-order chi connectivity index (χ1) is 9.65. The van der Waals surface area contributed by atoms with Gasteiger partial charge in [0, 0.05) is 23.0 Å². The van der Waals surface area contributed by atoms with Gasteiger partial charge in [0.05, 0.1) is 17.8 Å². The summed E-state index contributed by atoms with van der Waals surface area (Å²) in [5.74, 6) is 0.825. The summed E-state index contributed by atoms with van der Waals surface area (Å²) in [5.41, 5.74) is 4.65. The Bertz CT molecular complexity index is 669. The minimum absolute atomic E-state index is 0.0864. The first-order valence-corrected chi connectivity index (χ1v) is 7.95. The SMILES string of the molecule is Cc1ncsc1C(=O)NCc1cc(Br)cc2c1OCC2. The van der Waals surface area contributed by atoms with Crippen LogP contribution < -0.4 is 10.1 Å². The standard InChI is InChI=1S/C14H13BrN2O2S/c1-8-13(20-7-17-8)14(18)16-6-10-5-11(15)4-9-2-3-19-12(9)10/h4-5,7H,2-3,6H2,1H3,(H,16,18). The number of nitrogens with one attached hydrogen (secondary N) is 1. The van der Waals surface area contributed by atoms with Gasteiger partial charge in [-0.3, -0.25) is 4.79 Å². The van der Waals surface area contributed by atoms with E-state index in [2.05, 4.69) is 32.3 Å². The Balaban J connectivity index is 1.76. The van der Waals surface area contributed by atoms with Crippen molar-refractivity contribution < 1.29 is 9.53 Å². The number of aromatic nitrogens is 1. The van der Waals surface area contributed by atoms with E-state index in [1.54, 1.807) is 5.51 Å². The van der Waals surface area contributed by atoms with Gasteiger partial charge in [0.15, 0.2) is 0 Å². The van der Waals surface area contributed by atoms with Crippen molar-refractivity contribution in [3.8, 4) is 5.75 Å². The van der Waals surface area contributed by atoms with Gasteiger partial charge in [0.1, 0.15) is 10.6 Å². The number of carbonyl (C=O) groups excluding carboxylic acids is 1. The summed E-state index contributed by atoms with van der Waals surface area (Å²) in [6.45, 7) is 3.00. The van der Waals surface area contributed by atoms with Crippen molar-refractivity contribution in [3.05, 3.63) is 43.8 Å². The number of benzene rings is 1. The van der Waals surface area contributed by atoms with E-state index in [4.69, 9.17) is 4.74 Å². The van der Waals surface area contributed by atoms with Gasteiger partial charge in [-0.1, -0.05) is 15.9 Å². The number of fused-ring (bicyclic) bond motifs is 1. The molecule has 0 unspecified atom stereocenters. The normalized spacial score (nSPS) is 12.9. The fraction of sp³-hybridized carbons (Fsp3) is 0.286. The molecule has 0 spiro atoms. The van der Waals surface area contributed by atoms with Gasteiger partial charge in [-0.2, -0.15) is 0 Å². The minimum Gasteiger partial charge on any atom is -0.493 e. The highest BCUT2D eigenvalue weighted by atomic mass is 79.9. The van der Waals surface area contributed by atoms with Crippen LogP contribution in [0, 0.1) is 6.92 Å². The van der Waals surface area contributed by atoms with Crippen LogP contribution in [0.5, 0.6) is 5.75 Å². The van der Waals surface area contributed by atoms with E-state index in [0.717, 1.165) is 27.9 Å². The fourth-order valence-electron chi connectivity index (χ4n) is 2.25. The molecule has 1 aliphatic rings. The maximum atomic E-state index is 12.1. The summed E-state index contributed by atoms with van der Waals surface area (Å²) in [6.07, 6.45) is 0.920. The van der Waals surface area contributed by atoms with Crippen LogP contribution in [0.25, 0.3) is 0 Å². The third kappa shape index (κ3) is 2.58. The number of carbonyl (C=O) groups is 1. The van der Waals surface area contributed by atoms with Crippen LogP contribution in [-0.2, 0) is 13.0 Å². The van der Waals surface area contributed by atoms with Crippen LogP contribution >= 0.6 is 27.3 Å². The van der Waals surface area contributed by atoms with Crippen LogP contribution in [0.1, 0.15) is 26.5 Å². The molecule has 104 valence electrons. The van der Waals surface area contributed by atoms with Crippen LogP contribution in [0.4, 0.5) is 0 Å². The Morgan fingerprint density at radius 1 is 1.55 bits per heavy atom. The van der Waals surface area contributed by atoms with E-state index in [9.17, 15) is 4.79 Å². The summed E-state index contributed by atoms with van der Waals surface area (Å²) >= 11 is 4.85. The van der Waals surface area contributed by atoms with Gasteiger partial charge in [0.2, 0.25) is 0 Å². The molecular formula is C14H13BrN2O2S. The minimum atomic E-state index is -0.0864. The summed E-state index contributed by atoms with van der Waals surface area (Å²) in [4.78, 5) is 16.8. The molecule has 0 saturated heterocycles. The molecule has 1 aliphatic heterocycles. The number of ether oxygens (including phenoxy) is 1. The van der Waals surface area contributed by atoms with Crippen molar-refractivity contribution in [2.75, 3.05) is 6.61 Å². The van der Waals surface area contributed by atoms with Crippen LogP contribution in [-0.4, -0.2) is 17.5 Å². The van der Waals surface area contributed by atoms with E-state index in [0.29, 0.717) is 18.0 Å². The molecule has 0 saturated carbocycles. The van der Waals surface area contributed by atoms with Crippen molar-refractivity contribution in [2.45, 2.75) is 19.9 Å². The summed E-state index contributed by atoms with van der Waals surface area (Å²) < 4.78 is 6.66. The summed E-state index contributed by atoms with van der Waals surface area (Å²) in [6, 6.07) is 4.06. The molecule has 2 aromatic rings. The quantitative estimate of drug-likeness (QED) is 0.923. The average molecular weight is 353 g/mol. The lowest BCUT2D eigenvalue weighted by Gasteiger charge is -2.10. The Morgan fingerprint density at radius 3 is 3.15 bits per heavy atom. The zero-order chi connectivity index (χ0) is 14.1. The van der Waals surface area contributed by atoms with E-state index in [1.807, 2.05) is 13.0 Å². The highest BCUT2D eigenvalue weighted by Gasteiger charge is 2.18. The molecule has 1 aromatic heterocycles. The maximum absolute atomic E-state index is 12.1. The Labute approximate surface area is 129 Å². The Kier molecular flexibility index (Phi) is 3.76. The summed E-state index contributed by atoms with van der Waals surface area (Å²) in [5, 5.41) is 2.93. The number of amides is 1. The van der Waals surface area contributed by atoms with Crippen molar-refractivity contribution in [2.24, 2.45) is 0 Å². The molecule has 1 aromatic carbocycles. The van der Waals surface area contributed by atoms with E-state index in [1.165, 1.54) is 16.9 Å². The lowest BCUT2D eigenvalue weighted by molar-refractivity contribution is 0.0954. The number of halogens is 1. The monoisotopic (exact) mass is 352 g/mol. The first kappa shape index (κ1) is 13.6. The first-order valence-electron chi connectivity index (χ1n) is 6.27. The summed E-state index contributed by atoms with van der Waals surface area (Å²) in [7, 11) is 0. The lowest BCUT2D eigenvalue weighted by Crippen LogP contribution is -2.22. The van der Waals surface area contributed by atoms with E-state index < -0.39 is 0 Å². The van der Waals surface area contributed by atoms with Crippen molar-refractivity contribution >= 4 is 33.2 Å². The molecule has 3 rings (SSSR count). The third-order valence-electron chi connectivity index (χ3n) is 3.22. The predicted molar refractivity (Wildman–Crippen MR) is 81.4 cm³/mol. The second kappa shape index (κ2) is 5.54. The van der Waals surface area contributed by atoms with Crippen LogP contribution in [0.2, 0.25) is 0 Å². The Morgan fingerprint density at radius 2 is 2.40 bits per heavy atom. The smallest absolute Gasteiger partial charge is 0.263 e. The van der Waals surface area contributed by atoms with Gasteiger partial charge < -0.3 is 10.1 Å². The average Bonchev–Trinajstić information content (AvgIpc) is 3.03. The zero-order valence-corrected chi connectivity index (χ0v) is 13.3. The highest BCUT2D eigenvalue weighted by molar-refractivity contribution is 9.10. The Hall–Kier alpha value is -1.40. The van der Waals surface area contributed by atoms with Gasteiger partial charge in [-0.15, -0.1) is 11.3 Å². The number of aryl methyl sites for hydroxylation is 1.